The summed E-state index contributed by atoms with van der Waals surface area (Å²) in [6.07, 6.45) is 4.89. The van der Waals surface area contributed by atoms with Crippen molar-refractivity contribution in [1.82, 2.24) is 5.32 Å². The highest BCUT2D eigenvalue weighted by atomic mass is 35.5. The van der Waals surface area contributed by atoms with Crippen LogP contribution in [0.1, 0.15) is 44.2 Å². The highest BCUT2D eigenvalue weighted by Gasteiger charge is 2.33. The molecule has 1 saturated carbocycles. The minimum Gasteiger partial charge on any atom is -0.310 e. The van der Waals surface area contributed by atoms with Crippen LogP contribution in [-0.4, -0.2) is 26.5 Å². The van der Waals surface area contributed by atoms with Crippen molar-refractivity contribution in [3.05, 3.63) is 34.9 Å². The Morgan fingerprint density at radius 1 is 1.33 bits per heavy atom. The monoisotopic (exact) mass is 329 g/mol. The maximum atomic E-state index is 11.9. The largest absolute Gasteiger partial charge is 0.310 e. The standard InChI is InChI=1S/C16H24ClNO2S/c1-3-18-16(14-9-4-5-10-15(14)17)12-7-6-8-13(11-12)21(2,19)20/h4-5,9-10,12-13,16,18H,3,6-8,11H2,1-2H3. The summed E-state index contributed by atoms with van der Waals surface area (Å²) in [6.45, 7) is 2.91. The van der Waals surface area contributed by atoms with Gasteiger partial charge in [0.05, 0.1) is 5.25 Å². The second kappa shape index (κ2) is 7.12. The average molecular weight is 330 g/mol. The molecule has 1 fully saturated rings. The lowest BCUT2D eigenvalue weighted by Crippen LogP contribution is -2.35. The van der Waals surface area contributed by atoms with E-state index >= 15 is 0 Å². The van der Waals surface area contributed by atoms with Crippen molar-refractivity contribution in [1.29, 1.82) is 0 Å². The number of hydrogen-bond acceptors (Lipinski definition) is 3. The maximum Gasteiger partial charge on any atom is 0.150 e. The fourth-order valence-electron chi connectivity index (χ4n) is 3.35. The molecule has 3 unspecified atom stereocenters. The van der Waals surface area contributed by atoms with Crippen LogP contribution in [-0.2, 0) is 9.84 Å². The molecule has 1 aliphatic carbocycles. The molecule has 5 heteroatoms. The average Bonchev–Trinajstić information content (AvgIpc) is 2.45. The first kappa shape index (κ1) is 16.8. The molecule has 0 amide bonds. The first-order chi connectivity index (χ1) is 9.93. The molecule has 3 atom stereocenters. The van der Waals surface area contributed by atoms with Crippen LogP contribution in [0.25, 0.3) is 0 Å². The zero-order chi connectivity index (χ0) is 15.5. The molecule has 0 saturated heterocycles. The Morgan fingerprint density at radius 2 is 2.05 bits per heavy atom. The summed E-state index contributed by atoms with van der Waals surface area (Å²) in [5.74, 6) is 0.318. The van der Waals surface area contributed by atoms with Gasteiger partial charge in [0.25, 0.3) is 0 Å². The summed E-state index contributed by atoms with van der Waals surface area (Å²) in [6, 6.07) is 7.99. The number of nitrogens with one attached hydrogen (secondary N) is 1. The molecule has 118 valence electrons. The van der Waals surface area contributed by atoms with Crippen LogP contribution in [0.3, 0.4) is 0 Å². The van der Waals surface area contributed by atoms with Gasteiger partial charge in [-0.15, -0.1) is 0 Å². The van der Waals surface area contributed by atoms with E-state index in [0.29, 0.717) is 5.92 Å². The van der Waals surface area contributed by atoms with Gasteiger partial charge in [-0.3, -0.25) is 0 Å². The van der Waals surface area contributed by atoms with Gasteiger partial charge in [-0.25, -0.2) is 8.42 Å². The fourth-order valence-corrected chi connectivity index (χ4v) is 4.80. The number of sulfone groups is 1. The fraction of sp³-hybridized carbons (Fsp3) is 0.625. The van der Waals surface area contributed by atoms with Crippen LogP contribution >= 0.6 is 11.6 Å². The van der Waals surface area contributed by atoms with Crippen LogP contribution < -0.4 is 5.32 Å². The first-order valence-corrected chi connectivity index (χ1v) is 9.93. The van der Waals surface area contributed by atoms with Crippen molar-refractivity contribution in [3.63, 3.8) is 0 Å². The molecule has 2 rings (SSSR count). The van der Waals surface area contributed by atoms with Gasteiger partial charge >= 0.3 is 0 Å². The van der Waals surface area contributed by atoms with Gasteiger partial charge in [-0.1, -0.05) is 43.1 Å². The highest BCUT2D eigenvalue weighted by molar-refractivity contribution is 7.91. The Kier molecular flexibility index (Phi) is 5.69. The third-order valence-corrected chi connectivity index (χ3v) is 6.39. The number of rotatable bonds is 5. The molecule has 0 bridgehead atoms. The zero-order valence-electron chi connectivity index (χ0n) is 12.7. The van der Waals surface area contributed by atoms with Gasteiger partial charge in [0.2, 0.25) is 0 Å². The molecule has 21 heavy (non-hydrogen) atoms. The predicted molar refractivity (Wildman–Crippen MR) is 88.5 cm³/mol. The molecule has 3 nitrogen and oxygen atoms in total. The minimum absolute atomic E-state index is 0.133. The first-order valence-electron chi connectivity index (χ1n) is 7.60. The van der Waals surface area contributed by atoms with Crippen LogP contribution in [0.4, 0.5) is 0 Å². The molecule has 1 aromatic rings. The molecular weight excluding hydrogens is 306 g/mol. The van der Waals surface area contributed by atoms with Crippen molar-refractivity contribution >= 4 is 21.4 Å². The van der Waals surface area contributed by atoms with E-state index in [9.17, 15) is 8.42 Å². The van der Waals surface area contributed by atoms with E-state index in [1.165, 1.54) is 6.26 Å². The number of hydrogen-bond donors (Lipinski definition) is 1. The number of halogens is 1. The minimum atomic E-state index is -2.96. The van der Waals surface area contributed by atoms with Crippen molar-refractivity contribution in [2.45, 2.75) is 43.9 Å². The molecule has 1 aliphatic rings. The van der Waals surface area contributed by atoms with Crippen molar-refractivity contribution in [2.24, 2.45) is 5.92 Å². The van der Waals surface area contributed by atoms with Gasteiger partial charge in [-0.05, 0) is 43.4 Å². The van der Waals surface area contributed by atoms with Crippen LogP contribution in [0.15, 0.2) is 24.3 Å². The highest BCUT2D eigenvalue weighted by Crippen LogP contribution is 2.38. The van der Waals surface area contributed by atoms with Crippen LogP contribution in [0.5, 0.6) is 0 Å². The Hall–Kier alpha value is -0.580. The lowest BCUT2D eigenvalue weighted by molar-refractivity contribution is 0.275. The molecule has 0 radical (unpaired) electrons. The molecule has 0 aromatic heterocycles. The van der Waals surface area contributed by atoms with E-state index in [2.05, 4.69) is 12.2 Å². The summed E-state index contributed by atoms with van der Waals surface area (Å²) in [5, 5.41) is 4.05. The third kappa shape index (κ3) is 4.21. The quantitative estimate of drug-likeness (QED) is 0.897. The molecule has 1 N–H and O–H groups in total. The zero-order valence-corrected chi connectivity index (χ0v) is 14.3. The Bertz CT molecular complexity index is 573. The summed E-state index contributed by atoms with van der Waals surface area (Å²) < 4.78 is 23.7. The van der Waals surface area contributed by atoms with E-state index in [1.807, 2.05) is 24.3 Å². The topological polar surface area (TPSA) is 46.2 Å². The van der Waals surface area contributed by atoms with Crippen molar-refractivity contribution < 1.29 is 8.42 Å². The second-order valence-corrected chi connectivity index (χ2v) is 8.67. The van der Waals surface area contributed by atoms with Gasteiger partial charge in [0, 0.05) is 17.3 Å². The lowest BCUT2D eigenvalue weighted by Gasteiger charge is -2.35. The summed E-state index contributed by atoms with van der Waals surface area (Å²) >= 11 is 6.34. The second-order valence-electron chi connectivity index (χ2n) is 5.94. The molecule has 1 aromatic carbocycles. The number of benzene rings is 1. The van der Waals surface area contributed by atoms with Gasteiger partial charge in [-0.2, -0.15) is 0 Å². The normalized spacial score (nSPS) is 24.7. The molecule has 0 spiro atoms. The third-order valence-electron chi connectivity index (χ3n) is 4.41. The Morgan fingerprint density at radius 3 is 2.67 bits per heavy atom. The Labute approximate surface area is 133 Å². The summed E-state index contributed by atoms with van der Waals surface area (Å²) in [5.41, 5.74) is 1.08. The Balaban J connectivity index is 2.24. The van der Waals surface area contributed by atoms with Crippen LogP contribution in [0, 0.1) is 5.92 Å². The predicted octanol–water partition coefficient (Wildman–Crippen LogP) is 3.59. The summed E-state index contributed by atoms with van der Waals surface area (Å²) in [7, 11) is -2.96. The molecular formula is C16H24ClNO2S. The van der Waals surface area contributed by atoms with E-state index in [1.54, 1.807) is 0 Å². The van der Waals surface area contributed by atoms with E-state index < -0.39 is 9.84 Å². The molecule has 0 heterocycles. The molecule has 0 aliphatic heterocycles. The smallest absolute Gasteiger partial charge is 0.150 e. The van der Waals surface area contributed by atoms with E-state index in [-0.39, 0.29) is 11.3 Å². The van der Waals surface area contributed by atoms with Crippen molar-refractivity contribution in [2.75, 3.05) is 12.8 Å². The van der Waals surface area contributed by atoms with E-state index in [0.717, 1.165) is 42.8 Å². The lowest BCUT2D eigenvalue weighted by atomic mass is 9.81. The van der Waals surface area contributed by atoms with E-state index in [4.69, 9.17) is 11.6 Å². The van der Waals surface area contributed by atoms with Gasteiger partial charge in [0.1, 0.15) is 9.84 Å². The van der Waals surface area contributed by atoms with Gasteiger partial charge < -0.3 is 5.32 Å². The van der Waals surface area contributed by atoms with Crippen LogP contribution in [0.2, 0.25) is 5.02 Å². The summed E-state index contributed by atoms with van der Waals surface area (Å²) in [4.78, 5) is 0. The maximum absolute atomic E-state index is 11.9. The SMILES string of the molecule is CCNC(c1ccccc1Cl)C1CCCC(S(C)(=O)=O)C1. The van der Waals surface area contributed by atoms with Gasteiger partial charge in [0.15, 0.2) is 0 Å². The van der Waals surface area contributed by atoms with Crippen molar-refractivity contribution in [3.8, 4) is 0 Å².